The highest BCUT2D eigenvalue weighted by Crippen LogP contribution is 2.31. The van der Waals surface area contributed by atoms with Crippen LogP contribution in [-0.4, -0.2) is 25.5 Å². The van der Waals surface area contributed by atoms with Gasteiger partial charge in [0, 0.05) is 6.20 Å². The van der Waals surface area contributed by atoms with Crippen molar-refractivity contribution in [2.24, 2.45) is 0 Å². The van der Waals surface area contributed by atoms with Gasteiger partial charge in [-0.25, -0.2) is 9.07 Å². The molecule has 2 aromatic carbocycles. The largest absolute Gasteiger partial charge is 0.470 e. The van der Waals surface area contributed by atoms with E-state index in [4.69, 9.17) is 27.9 Å². The quantitative estimate of drug-likeness (QED) is 0.374. The van der Waals surface area contributed by atoms with Gasteiger partial charge in [-0.1, -0.05) is 41.4 Å². The van der Waals surface area contributed by atoms with E-state index in [9.17, 15) is 9.18 Å². The highest BCUT2D eigenvalue weighted by atomic mass is 35.5. The molecule has 33 heavy (non-hydrogen) atoms. The van der Waals surface area contributed by atoms with Crippen molar-refractivity contribution in [3.8, 4) is 5.75 Å². The van der Waals surface area contributed by atoms with Crippen molar-refractivity contribution >= 4 is 34.8 Å². The molecule has 170 valence electrons. The molecule has 0 radical (unpaired) electrons. The molecule has 7 nitrogen and oxygen atoms in total. The maximum atomic E-state index is 13.2. The minimum Gasteiger partial charge on any atom is -0.470 e. The molecule has 0 atom stereocenters. The Labute approximate surface area is 199 Å². The first kappa shape index (κ1) is 22.8. The first-order valence-electron chi connectivity index (χ1n) is 10.0. The fourth-order valence-electron chi connectivity index (χ4n) is 3.26. The van der Waals surface area contributed by atoms with Crippen molar-refractivity contribution in [2.45, 2.75) is 27.1 Å². The maximum absolute atomic E-state index is 13.2. The van der Waals surface area contributed by atoms with Crippen molar-refractivity contribution in [3.05, 3.63) is 93.2 Å². The predicted octanol–water partition coefficient (Wildman–Crippen LogP) is 5.48. The lowest BCUT2D eigenvalue weighted by Crippen LogP contribution is -2.15. The van der Waals surface area contributed by atoms with E-state index < -0.39 is 0 Å². The SMILES string of the molecule is Cc1nn(Cc2ccc(F)cc2)c(C)c1NC(=O)c1ccn(COc2cccc(Cl)c2Cl)n1. The molecule has 0 aliphatic rings. The van der Waals surface area contributed by atoms with Crippen molar-refractivity contribution in [1.29, 1.82) is 0 Å². The Morgan fingerprint density at radius 1 is 1.09 bits per heavy atom. The fraction of sp³-hybridized carbons (Fsp3) is 0.174. The Hall–Kier alpha value is -3.36. The zero-order chi connectivity index (χ0) is 23.5. The summed E-state index contributed by atoms with van der Waals surface area (Å²) in [6.45, 7) is 4.19. The third-order valence-electron chi connectivity index (χ3n) is 5.01. The third-order valence-corrected chi connectivity index (χ3v) is 5.81. The van der Waals surface area contributed by atoms with Gasteiger partial charge in [0.25, 0.3) is 5.91 Å². The van der Waals surface area contributed by atoms with E-state index in [0.29, 0.717) is 33.7 Å². The van der Waals surface area contributed by atoms with Gasteiger partial charge in [-0.15, -0.1) is 0 Å². The van der Waals surface area contributed by atoms with E-state index in [0.717, 1.165) is 11.3 Å². The van der Waals surface area contributed by atoms with Gasteiger partial charge in [-0.3, -0.25) is 9.48 Å². The molecule has 10 heteroatoms. The average Bonchev–Trinajstić information content (AvgIpc) is 3.37. The molecule has 0 saturated carbocycles. The maximum Gasteiger partial charge on any atom is 0.276 e. The zero-order valence-corrected chi connectivity index (χ0v) is 19.4. The number of anilines is 1. The van der Waals surface area contributed by atoms with Crippen molar-refractivity contribution in [1.82, 2.24) is 19.6 Å². The summed E-state index contributed by atoms with van der Waals surface area (Å²) in [5.41, 5.74) is 3.18. The van der Waals surface area contributed by atoms with E-state index in [-0.39, 0.29) is 24.1 Å². The second-order valence-electron chi connectivity index (χ2n) is 7.35. The normalized spacial score (nSPS) is 10.9. The Morgan fingerprint density at radius 3 is 2.61 bits per heavy atom. The monoisotopic (exact) mass is 487 g/mol. The number of carbonyl (C=O) groups excluding carboxylic acids is 1. The number of aromatic nitrogens is 4. The van der Waals surface area contributed by atoms with Gasteiger partial charge in [0.2, 0.25) is 0 Å². The molecule has 4 aromatic rings. The smallest absolute Gasteiger partial charge is 0.276 e. The predicted molar refractivity (Wildman–Crippen MR) is 124 cm³/mol. The number of hydrogen-bond donors (Lipinski definition) is 1. The Kier molecular flexibility index (Phi) is 6.67. The minimum atomic E-state index is -0.373. The summed E-state index contributed by atoms with van der Waals surface area (Å²) in [6.07, 6.45) is 1.63. The average molecular weight is 488 g/mol. The molecule has 0 aliphatic carbocycles. The zero-order valence-electron chi connectivity index (χ0n) is 17.8. The molecule has 1 N–H and O–H groups in total. The van der Waals surface area contributed by atoms with Crippen LogP contribution in [0.25, 0.3) is 0 Å². The highest BCUT2D eigenvalue weighted by molar-refractivity contribution is 6.42. The van der Waals surface area contributed by atoms with Gasteiger partial charge in [-0.05, 0) is 49.7 Å². The van der Waals surface area contributed by atoms with Gasteiger partial charge < -0.3 is 10.1 Å². The van der Waals surface area contributed by atoms with Crippen LogP contribution in [0, 0.1) is 19.7 Å². The number of nitrogens with zero attached hydrogens (tertiary/aromatic N) is 4. The van der Waals surface area contributed by atoms with E-state index in [1.165, 1.54) is 16.8 Å². The third kappa shape index (κ3) is 5.18. The van der Waals surface area contributed by atoms with E-state index in [1.807, 2.05) is 13.8 Å². The molecule has 0 bridgehead atoms. The van der Waals surface area contributed by atoms with Crippen molar-refractivity contribution in [3.63, 3.8) is 0 Å². The number of rotatable bonds is 7. The molecule has 1 amide bonds. The number of ether oxygens (including phenoxy) is 1. The van der Waals surface area contributed by atoms with Crippen LogP contribution in [0.3, 0.4) is 0 Å². The highest BCUT2D eigenvalue weighted by Gasteiger charge is 2.17. The summed E-state index contributed by atoms with van der Waals surface area (Å²) in [4.78, 5) is 12.8. The summed E-state index contributed by atoms with van der Waals surface area (Å²) >= 11 is 12.1. The van der Waals surface area contributed by atoms with Crippen LogP contribution in [-0.2, 0) is 13.3 Å². The summed E-state index contributed by atoms with van der Waals surface area (Å²) in [5, 5.41) is 12.3. The fourth-order valence-corrected chi connectivity index (χ4v) is 3.60. The molecule has 0 fully saturated rings. The summed E-state index contributed by atoms with van der Waals surface area (Å²) in [5.74, 6) is -0.242. The number of benzene rings is 2. The lowest BCUT2D eigenvalue weighted by Gasteiger charge is -2.09. The number of aryl methyl sites for hydroxylation is 1. The molecule has 4 rings (SSSR count). The summed E-state index contributed by atoms with van der Waals surface area (Å²) in [7, 11) is 0. The topological polar surface area (TPSA) is 74.0 Å². The Morgan fingerprint density at radius 2 is 1.85 bits per heavy atom. The molecule has 2 aromatic heterocycles. The first-order chi connectivity index (χ1) is 15.8. The molecule has 2 heterocycles. The number of hydrogen-bond acceptors (Lipinski definition) is 4. The molecule has 0 spiro atoms. The van der Waals surface area contributed by atoms with Crippen LogP contribution in [0.1, 0.15) is 27.4 Å². The number of amides is 1. The second-order valence-corrected chi connectivity index (χ2v) is 8.14. The van der Waals surface area contributed by atoms with Gasteiger partial charge in [0.05, 0.1) is 28.6 Å². The van der Waals surface area contributed by atoms with Gasteiger partial charge in [0.1, 0.15) is 16.6 Å². The van der Waals surface area contributed by atoms with Gasteiger partial charge >= 0.3 is 0 Å². The lowest BCUT2D eigenvalue weighted by molar-refractivity contribution is 0.102. The van der Waals surface area contributed by atoms with Crippen LogP contribution in [0.15, 0.2) is 54.7 Å². The van der Waals surface area contributed by atoms with Crippen LogP contribution in [0.2, 0.25) is 10.0 Å². The molecular formula is C23H20Cl2FN5O2. The number of halogens is 3. The molecule has 0 aliphatic heterocycles. The molecule has 0 unspecified atom stereocenters. The van der Waals surface area contributed by atoms with Crippen molar-refractivity contribution < 1.29 is 13.9 Å². The molecular weight excluding hydrogens is 468 g/mol. The van der Waals surface area contributed by atoms with Gasteiger partial charge in [0.15, 0.2) is 12.4 Å². The summed E-state index contributed by atoms with van der Waals surface area (Å²) < 4.78 is 22.0. The van der Waals surface area contributed by atoms with Crippen LogP contribution >= 0.6 is 23.2 Å². The van der Waals surface area contributed by atoms with Crippen LogP contribution < -0.4 is 10.1 Å². The lowest BCUT2D eigenvalue weighted by atomic mass is 10.2. The van der Waals surface area contributed by atoms with Gasteiger partial charge in [-0.2, -0.15) is 10.2 Å². The summed E-state index contributed by atoms with van der Waals surface area (Å²) in [6, 6.07) is 12.9. The molecule has 0 saturated heterocycles. The van der Waals surface area contributed by atoms with E-state index in [2.05, 4.69) is 15.5 Å². The Balaban J connectivity index is 1.42. The Bertz CT molecular complexity index is 1300. The van der Waals surface area contributed by atoms with E-state index >= 15 is 0 Å². The minimum absolute atomic E-state index is 0.0565. The van der Waals surface area contributed by atoms with Crippen LogP contribution in [0.4, 0.5) is 10.1 Å². The first-order valence-corrected chi connectivity index (χ1v) is 10.8. The van der Waals surface area contributed by atoms with Crippen LogP contribution in [0.5, 0.6) is 5.75 Å². The second kappa shape index (κ2) is 9.64. The number of carbonyl (C=O) groups is 1. The standard InChI is InChI=1S/C23H20Cl2FN5O2/c1-14-22(15(2)31(28-14)12-16-6-8-17(26)9-7-16)27-23(32)19-10-11-30(29-19)13-33-20-5-3-4-18(24)21(20)25/h3-11H,12-13H2,1-2H3,(H,27,32). The number of nitrogens with one attached hydrogen (secondary N) is 1. The van der Waals surface area contributed by atoms with Crippen molar-refractivity contribution in [2.75, 3.05) is 5.32 Å². The van der Waals surface area contributed by atoms with E-state index in [1.54, 1.807) is 47.3 Å².